The molecule has 9 aromatic carbocycles. The lowest BCUT2D eigenvalue weighted by Crippen LogP contribution is -2.60. The maximum atomic E-state index is 2.63. The van der Waals surface area contributed by atoms with Gasteiger partial charge in [-0.15, -0.1) is 11.3 Å². The first-order valence-electron chi connectivity index (χ1n) is 25.8. The van der Waals surface area contributed by atoms with E-state index < -0.39 is 5.41 Å². The molecule has 1 spiro atoms. The maximum Gasteiger partial charge on any atom is 0.264 e. The van der Waals surface area contributed by atoms with Gasteiger partial charge in [0.25, 0.3) is 6.71 Å². The van der Waals surface area contributed by atoms with Crippen LogP contribution in [0.25, 0.3) is 43.5 Å². The fourth-order valence-corrected chi connectivity index (χ4v) is 14.8. The van der Waals surface area contributed by atoms with Gasteiger partial charge < -0.3 is 9.80 Å². The predicted molar refractivity (Wildman–Crippen MR) is 309 cm³/mol. The van der Waals surface area contributed by atoms with E-state index in [0.717, 1.165) is 0 Å². The average molecular weight is 945 g/mol. The van der Waals surface area contributed by atoms with Gasteiger partial charge in [0.15, 0.2) is 0 Å². The smallest absolute Gasteiger partial charge is 0.264 e. The van der Waals surface area contributed by atoms with Crippen molar-refractivity contribution >= 4 is 78.0 Å². The molecule has 14 rings (SSSR count). The number of rotatable bonds is 3. The average Bonchev–Trinajstić information content (AvgIpc) is 3.98. The number of thiophene rings is 1. The van der Waals surface area contributed by atoms with Crippen LogP contribution in [0.3, 0.4) is 0 Å². The molecular formula is C68H57BN2S. The number of anilines is 6. The molecule has 2 aliphatic heterocycles. The molecule has 0 saturated carbocycles. The maximum absolute atomic E-state index is 2.63. The van der Waals surface area contributed by atoms with Crippen LogP contribution in [0.1, 0.15) is 91.6 Å². The minimum absolute atomic E-state index is 0.000302. The monoisotopic (exact) mass is 944 g/mol. The first kappa shape index (κ1) is 43.4. The van der Waals surface area contributed by atoms with Crippen LogP contribution in [0, 0.1) is 20.8 Å². The van der Waals surface area contributed by atoms with Gasteiger partial charge in [-0.25, -0.2) is 0 Å². The molecule has 0 fully saturated rings. The number of benzene rings is 9. The van der Waals surface area contributed by atoms with Crippen molar-refractivity contribution in [3.63, 3.8) is 0 Å². The van der Waals surface area contributed by atoms with Crippen molar-refractivity contribution in [2.75, 3.05) is 9.80 Å². The Labute approximate surface area is 429 Å². The Morgan fingerprint density at radius 1 is 0.444 bits per heavy atom. The molecular weight excluding hydrogens is 888 g/mol. The quantitative estimate of drug-likeness (QED) is 0.163. The van der Waals surface area contributed by atoms with E-state index in [-0.39, 0.29) is 17.5 Å². The van der Waals surface area contributed by atoms with E-state index in [4.69, 9.17) is 0 Å². The Morgan fingerprint density at radius 2 is 1.03 bits per heavy atom. The third-order valence-corrected chi connectivity index (χ3v) is 17.7. The van der Waals surface area contributed by atoms with Crippen molar-refractivity contribution < 1.29 is 0 Å². The van der Waals surface area contributed by atoms with Gasteiger partial charge in [0.2, 0.25) is 0 Å². The van der Waals surface area contributed by atoms with E-state index in [2.05, 4.69) is 254 Å². The first-order chi connectivity index (χ1) is 34.7. The summed E-state index contributed by atoms with van der Waals surface area (Å²) in [5.41, 5.74) is 29.6. The Kier molecular flexibility index (Phi) is 9.09. The molecule has 4 aliphatic rings. The number of aryl methyl sites for hydroxylation is 3. The molecule has 0 bridgehead atoms. The molecule has 0 amide bonds. The highest BCUT2D eigenvalue weighted by atomic mass is 32.1. The normalized spacial score (nSPS) is 14.5. The molecule has 0 N–H and O–H groups in total. The van der Waals surface area contributed by atoms with E-state index >= 15 is 0 Å². The Hall–Kier alpha value is -7.40. The van der Waals surface area contributed by atoms with Crippen LogP contribution in [0.4, 0.5) is 34.1 Å². The molecule has 3 heterocycles. The lowest BCUT2D eigenvalue weighted by Gasteiger charge is -2.43. The topological polar surface area (TPSA) is 6.48 Å². The minimum atomic E-state index is -0.425. The minimum Gasteiger partial charge on any atom is -0.311 e. The fraction of sp³-hybridized carbons (Fsp3) is 0.176. The van der Waals surface area contributed by atoms with Crippen molar-refractivity contribution in [3.05, 3.63) is 232 Å². The van der Waals surface area contributed by atoms with Gasteiger partial charge in [-0.2, -0.15) is 0 Å². The number of fused-ring (bicyclic) bond motifs is 16. The Bertz CT molecular complexity index is 3860. The highest BCUT2D eigenvalue weighted by molar-refractivity contribution is 7.33. The van der Waals surface area contributed by atoms with Crippen LogP contribution < -0.4 is 25.5 Å². The van der Waals surface area contributed by atoms with E-state index in [1.165, 1.54) is 143 Å². The summed E-state index contributed by atoms with van der Waals surface area (Å²) in [5, 5.41) is 1.31. The lowest BCUT2D eigenvalue weighted by atomic mass is 9.36. The largest absolute Gasteiger partial charge is 0.311 e. The van der Waals surface area contributed by atoms with Crippen LogP contribution in [0.5, 0.6) is 0 Å². The fourth-order valence-electron chi connectivity index (χ4n) is 13.4. The summed E-state index contributed by atoms with van der Waals surface area (Å²) in [5.74, 6) is 0. The zero-order chi connectivity index (χ0) is 49.2. The van der Waals surface area contributed by atoms with Gasteiger partial charge in [0.05, 0.1) is 11.1 Å². The number of hydrogen-bond donors (Lipinski definition) is 0. The van der Waals surface area contributed by atoms with Crippen molar-refractivity contribution in [2.45, 2.75) is 78.6 Å². The lowest BCUT2D eigenvalue weighted by molar-refractivity contribution is 0.572. The van der Waals surface area contributed by atoms with Crippen molar-refractivity contribution in [3.8, 4) is 33.4 Å². The summed E-state index contributed by atoms with van der Waals surface area (Å²) in [6, 6.07) is 70.5. The van der Waals surface area contributed by atoms with Gasteiger partial charge in [-0.1, -0.05) is 180 Å². The molecule has 0 atom stereocenters. The molecule has 0 radical (unpaired) electrons. The summed E-state index contributed by atoms with van der Waals surface area (Å²) in [7, 11) is 0. The third-order valence-electron chi connectivity index (χ3n) is 16.4. The van der Waals surface area contributed by atoms with Gasteiger partial charge in [-0.05, 0) is 169 Å². The third kappa shape index (κ3) is 5.90. The van der Waals surface area contributed by atoms with Crippen LogP contribution in [0.15, 0.2) is 182 Å². The summed E-state index contributed by atoms with van der Waals surface area (Å²) < 4.78 is 2.72. The van der Waals surface area contributed by atoms with E-state index in [1.54, 1.807) is 0 Å². The zero-order valence-corrected chi connectivity index (χ0v) is 43.5. The molecule has 72 heavy (non-hydrogen) atoms. The molecule has 2 aliphatic carbocycles. The summed E-state index contributed by atoms with van der Waals surface area (Å²) in [6.45, 7) is 20.9. The van der Waals surface area contributed by atoms with E-state index in [1.807, 2.05) is 11.3 Å². The van der Waals surface area contributed by atoms with Crippen LogP contribution in [-0.2, 0) is 16.2 Å². The van der Waals surface area contributed by atoms with Crippen LogP contribution in [-0.4, -0.2) is 6.71 Å². The Morgan fingerprint density at radius 3 is 1.69 bits per heavy atom. The van der Waals surface area contributed by atoms with Crippen molar-refractivity contribution in [1.82, 2.24) is 0 Å². The van der Waals surface area contributed by atoms with E-state index in [0.29, 0.717) is 0 Å². The zero-order valence-electron chi connectivity index (χ0n) is 42.7. The van der Waals surface area contributed by atoms with Crippen molar-refractivity contribution in [2.24, 2.45) is 0 Å². The van der Waals surface area contributed by atoms with Gasteiger partial charge in [0, 0.05) is 43.3 Å². The molecule has 1 aromatic heterocycles. The molecule has 4 heteroatoms. The second-order valence-electron chi connectivity index (χ2n) is 23.1. The van der Waals surface area contributed by atoms with Gasteiger partial charge in [0.1, 0.15) is 0 Å². The number of nitrogens with zero attached hydrogens (tertiary/aromatic N) is 2. The summed E-state index contributed by atoms with van der Waals surface area (Å²) in [6.07, 6.45) is 0. The molecule has 10 aromatic rings. The van der Waals surface area contributed by atoms with Gasteiger partial charge >= 0.3 is 0 Å². The van der Waals surface area contributed by atoms with Gasteiger partial charge in [-0.3, -0.25) is 0 Å². The number of para-hydroxylation sites is 1. The van der Waals surface area contributed by atoms with Crippen molar-refractivity contribution in [1.29, 1.82) is 0 Å². The summed E-state index contributed by atoms with van der Waals surface area (Å²) >= 11 is 2.01. The molecule has 2 nitrogen and oxygen atoms in total. The molecule has 0 unspecified atom stereocenters. The SMILES string of the molecule is Cc1ccc(N2c3cc(C)cc4c3B(c3ccc(-c5c(C(C)(C)C)cccc5C(C)(C)C)cc3N4c3ccccc3)c3sc4cc5c(cc4c32)-c2ccc(C)cc2C52c3ccccc3-c3ccccc32)cc1. The first-order valence-corrected chi connectivity index (χ1v) is 26.6. The van der Waals surface area contributed by atoms with E-state index in [9.17, 15) is 0 Å². The molecule has 348 valence electrons. The Balaban J connectivity index is 1.09. The standard InChI is InChI=1S/C68H57BN2S/c1-40-26-30-45(31-27-40)71-60-36-42(3)35-59-63(60)69(57-33-29-43(37-58(57)70(59)44-18-11-10-12-19-44)62-53(66(4,5)6)24-17-25-54(62)67(7,8)9)65-64(71)50-38-49-48-32-28-41(2)34-55(48)68(56(49)39-61(50)72-65)51-22-15-13-20-46(51)47-21-14-16-23-52(47)68/h10-39H,1-9H3. The van der Waals surface area contributed by atoms with Crippen LogP contribution >= 0.6 is 11.3 Å². The highest BCUT2D eigenvalue weighted by Gasteiger charge is 2.53. The molecule has 0 saturated heterocycles. The summed E-state index contributed by atoms with van der Waals surface area (Å²) in [4.78, 5) is 5.20. The second kappa shape index (κ2) is 15.1. The number of hydrogen-bond acceptors (Lipinski definition) is 3. The predicted octanol–water partition coefficient (Wildman–Crippen LogP) is 16.5. The van der Waals surface area contributed by atoms with Crippen LogP contribution in [0.2, 0.25) is 0 Å². The highest BCUT2D eigenvalue weighted by Crippen LogP contribution is 2.64. The second-order valence-corrected chi connectivity index (χ2v) is 24.2.